The van der Waals surface area contributed by atoms with Crippen LogP contribution in [-0.4, -0.2) is 21.0 Å². The Morgan fingerprint density at radius 2 is 2.36 bits per heavy atom. The zero-order valence-electron chi connectivity index (χ0n) is 8.17. The van der Waals surface area contributed by atoms with Crippen LogP contribution in [0.1, 0.15) is 31.8 Å². The second-order valence-electron chi connectivity index (χ2n) is 3.62. The summed E-state index contributed by atoms with van der Waals surface area (Å²) < 4.78 is 13.3. The van der Waals surface area contributed by atoms with Crippen molar-refractivity contribution in [3.8, 4) is 0 Å². The molecule has 1 aromatic heterocycles. The number of rotatable bonds is 4. The van der Waals surface area contributed by atoms with E-state index in [1.54, 1.807) is 0 Å². The second kappa shape index (κ2) is 3.77. The highest BCUT2D eigenvalue weighted by atomic mass is 19.1. The lowest BCUT2D eigenvalue weighted by atomic mass is 10.1. The molecule has 0 unspecified atom stereocenters. The van der Waals surface area contributed by atoms with Gasteiger partial charge in [-0.1, -0.05) is 0 Å². The van der Waals surface area contributed by atoms with E-state index in [9.17, 15) is 9.18 Å². The number of carboxylic acids is 1. The Kier molecular flexibility index (Phi) is 2.88. The topological polar surface area (TPSA) is 66.0 Å². The van der Waals surface area contributed by atoms with Gasteiger partial charge in [0, 0.05) is 11.9 Å². The first-order valence-electron chi connectivity index (χ1n) is 4.34. The third kappa shape index (κ3) is 2.83. The molecule has 0 saturated heterocycles. The Labute approximate surface area is 81.2 Å². The monoisotopic (exact) mass is 200 g/mol. The number of carbonyl (C=O) groups is 1. The molecule has 0 aromatic carbocycles. The molecular formula is C9H13FN2O2. The molecule has 5 heteroatoms. The van der Waals surface area contributed by atoms with Gasteiger partial charge in [-0.05, 0) is 20.3 Å². The maximum atomic E-state index is 13.3. The lowest BCUT2D eigenvalue weighted by Crippen LogP contribution is -2.11. The Balaban J connectivity index is 2.64. The summed E-state index contributed by atoms with van der Waals surface area (Å²) in [5, 5.41) is 8.43. The summed E-state index contributed by atoms with van der Waals surface area (Å²) in [5.41, 5.74) is -0.866. The lowest BCUT2D eigenvalue weighted by Gasteiger charge is -2.09. The van der Waals surface area contributed by atoms with Crippen LogP contribution in [0.4, 0.5) is 4.39 Å². The van der Waals surface area contributed by atoms with E-state index < -0.39 is 11.6 Å². The largest absolute Gasteiger partial charge is 0.481 e. The molecule has 0 radical (unpaired) electrons. The minimum absolute atomic E-state index is 0.0222. The highest BCUT2D eigenvalue weighted by Crippen LogP contribution is 2.21. The van der Waals surface area contributed by atoms with Crippen molar-refractivity contribution in [1.29, 1.82) is 0 Å². The number of aromatic nitrogens is 2. The van der Waals surface area contributed by atoms with Crippen LogP contribution < -0.4 is 0 Å². The smallest absolute Gasteiger partial charge is 0.303 e. The van der Waals surface area contributed by atoms with E-state index in [1.165, 1.54) is 20.0 Å². The zero-order valence-corrected chi connectivity index (χ0v) is 8.17. The van der Waals surface area contributed by atoms with E-state index in [-0.39, 0.29) is 12.2 Å². The van der Waals surface area contributed by atoms with Crippen molar-refractivity contribution < 1.29 is 14.3 Å². The van der Waals surface area contributed by atoms with Gasteiger partial charge in [0.25, 0.3) is 0 Å². The average molecular weight is 200 g/mol. The Hall–Kier alpha value is -1.39. The number of aliphatic carboxylic acids is 1. The molecule has 1 heterocycles. The second-order valence-corrected chi connectivity index (χ2v) is 3.62. The average Bonchev–Trinajstić information content (AvgIpc) is 2.47. The van der Waals surface area contributed by atoms with Gasteiger partial charge < -0.3 is 10.1 Å². The van der Waals surface area contributed by atoms with E-state index in [0.717, 1.165) is 0 Å². The van der Waals surface area contributed by atoms with E-state index >= 15 is 0 Å². The Morgan fingerprint density at radius 1 is 1.71 bits per heavy atom. The number of alkyl halides is 1. The summed E-state index contributed by atoms with van der Waals surface area (Å²) in [6.07, 6.45) is 1.84. The van der Waals surface area contributed by atoms with Crippen LogP contribution in [0.2, 0.25) is 0 Å². The molecule has 0 aliphatic carbocycles. The number of carboxylic acid groups (broad SMARTS) is 1. The number of nitrogens with zero attached hydrogens (tertiary/aromatic N) is 1. The first-order chi connectivity index (χ1) is 6.39. The number of halogens is 1. The highest BCUT2D eigenvalue weighted by molar-refractivity contribution is 5.66. The van der Waals surface area contributed by atoms with Crippen molar-refractivity contribution in [3.05, 3.63) is 17.7 Å². The number of aromatic amines is 1. The molecule has 0 bridgehead atoms. The number of hydrogen-bond donors (Lipinski definition) is 2. The van der Waals surface area contributed by atoms with E-state index in [1.807, 2.05) is 0 Å². The summed E-state index contributed by atoms with van der Waals surface area (Å²) >= 11 is 0. The van der Waals surface area contributed by atoms with Gasteiger partial charge in [0.15, 0.2) is 5.67 Å². The van der Waals surface area contributed by atoms with Crippen LogP contribution in [0.5, 0.6) is 0 Å². The molecule has 4 nitrogen and oxygen atoms in total. The summed E-state index contributed by atoms with van der Waals surface area (Å²) in [7, 11) is 0. The Bertz CT molecular complexity index is 328. The molecule has 0 saturated carbocycles. The molecule has 0 aliphatic heterocycles. The molecule has 14 heavy (non-hydrogen) atoms. The SMILES string of the molecule is CC(C)(F)c1ncc(CCC(=O)O)[nH]1. The fourth-order valence-electron chi connectivity index (χ4n) is 1.03. The van der Waals surface area contributed by atoms with Crippen LogP contribution in [0.15, 0.2) is 6.20 Å². The van der Waals surface area contributed by atoms with Gasteiger partial charge in [0.2, 0.25) is 0 Å². The predicted octanol–water partition coefficient (Wildman–Crippen LogP) is 1.63. The zero-order chi connectivity index (χ0) is 10.8. The molecule has 0 aliphatic rings. The number of aryl methyl sites for hydroxylation is 1. The van der Waals surface area contributed by atoms with Crippen LogP contribution in [0, 0.1) is 0 Å². The predicted molar refractivity (Wildman–Crippen MR) is 48.7 cm³/mol. The number of nitrogens with one attached hydrogen (secondary N) is 1. The van der Waals surface area contributed by atoms with E-state index in [2.05, 4.69) is 9.97 Å². The first kappa shape index (κ1) is 10.7. The van der Waals surface area contributed by atoms with Crippen LogP contribution >= 0.6 is 0 Å². The molecule has 0 atom stereocenters. The van der Waals surface area contributed by atoms with Gasteiger partial charge in [-0.15, -0.1) is 0 Å². The first-order valence-corrected chi connectivity index (χ1v) is 4.34. The van der Waals surface area contributed by atoms with Gasteiger partial charge in [-0.3, -0.25) is 4.79 Å². The van der Waals surface area contributed by atoms with Gasteiger partial charge in [-0.25, -0.2) is 9.37 Å². The van der Waals surface area contributed by atoms with Crippen LogP contribution in [-0.2, 0) is 16.9 Å². The van der Waals surface area contributed by atoms with Gasteiger partial charge in [0.05, 0.1) is 6.42 Å². The fourth-order valence-corrected chi connectivity index (χ4v) is 1.03. The third-order valence-electron chi connectivity index (χ3n) is 1.80. The normalized spacial score (nSPS) is 11.6. The summed E-state index contributed by atoms with van der Waals surface area (Å²) in [5.74, 6) is -0.640. The van der Waals surface area contributed by atoms with Crippen molar-refractivity contribution in [2.45, 2.75) is 32.4 Å². The number of imidazole rings is 1. The maximum absolute atomic E-state index is 13.3. The minimum Gasteiger partial charge on any atom is -0.481 e. The molecule has 2 N–H and O–H groups in total. The van der Waals surface area contributed by atoms with Gasteiger partial charge >= 0.3 is 5.97 Å². The molecule has 0 fully saturated rings. The van der Waals surface area contributed by atoms with Crippen molar-refractivity contribution in [3.63, 3.8) is 0 Å². The molecule has 1 rings (SSSR count). The van der Waals surface area contributed by atoms with Crippen LogP contribution in [0.25, 0.3) is 0 Å². The molecular weight excluding hydrogens is 187 g/mol. The Morgan fingerprint density at radius 3 is 2.79 bits per heavy atom. The van der Waals surface area contributed by atoms with E-state index in [0.29, 0.717) is 12.1 Å². The highest BCUT2D eigenvalue weighted by Gasteiger charge is 2.22. The van der Waals surface area contributed by atoms with Crippen molar-refractivity contribution in [2.75, 3.05) is 0 Å². The van der Waals surface area contributed by atoms with Gasteiger partial charge in [-0.2, -0.15) is 0 Å². The van der Waals surface area contributed by atoms with Crippen molar-refractivity contribution in [1.82, 2.24) is 9.97 Å². The summed E-state index contributed by atoms with van der Waals surface area (Å²) in [6.45, 7) is 2.79. The van der Waals surface area contributed by atoms with Crippen molar-refractivity contribution >= 4 is 5.97 Å². The maximum Gasteiger partial charge on any atom is 0.303 e. The standard InChI is InChI=1S/C9H13FN2O2/c1-9(2,10)8-11-5-6(12-8)3-4-7(13)14/h5H,3-4H2,1-2H3,(H,11,12)(H,13,14). The summed E-state index contributed by atoms with van der Waals surface area (Å²) in [6, 6.07) is 0. The number of hydrogen-bond acceptors (Lipinski definition) is 2. The quantitative estimate of drug-likeness (QED) is 0.776. The molecule has 0 spiro atoms. The fraction of sp³-hybridized carbons (Fsp3) is 0.556. The lowest BCUT2D eigenvalue weighted by molar-refractivity contribution is -0.136. The third-order valence-corrected chi connectivity index (χ3v) is 1.80. The molecule has 78 valence electrons. The van der Waals surface area contributed by atoms with Gasteiger partial charge in [0.1, 0.15) is 5.82 Å². The van der Waals surface area contributed by atoms with E-state index in [4.69, 9.17) is 5.11 Å². The molecule has 1 aromatic rings. The minimum atomic E-state index is -1.51. The number of H-pyrrole nitrogens is 1. The summed E-state index contributed by atoms with van der Waals surface area (Å²) in [4.78, 5) is 16.9. The van der Waals surface area contributed by atoms with Crippen molar-refractivity contribution in [2.24, 2.45) is 0 Å². The molecule has 0 amide bonds. The van der Waals surface area contributed by atoms with Crippen LogP contribution in [0.3, 0.4) is 0 Å².